The van der Waals surface area contributed by atoms with Gasteiger partial charge in [0, 0.05) is 42.8 Å². The smallest absolute Gasteiger partial charge is 0.325 e. The second-order valence-corrected chi connectivity index (χ2v) is 6.75. The van der Waals surface area contributed by atoms with Gasteiger partial charge >= 0.3 is 6.03 Å². The lowest BCUT2D eigenvalue weighted by Gasteiger charge is -2.27. The zero-order valence-corrected chi connectivity index (χ0v) is 16.3. The SMILES string of the molecule is CCC(c1ccccc1)N1CCN(c2ccc(C(C=N)C=N)c(OC)c2)C1=O. The van der Waals surface area contributed by atoms with Gasteiger partial charge in [-0.1, -0.05) is 43.3 Å². The van der Waals surface area contributed by atoms with Crippen LogP contribution in [0.1, 0.15) is 36.4 Å². The number of methoxy groups -OCH3 is 1. The van der Waals surface area contributed by atoms with Crippen LogP contribution in [0.25, 0.3) is 0 Å². The quantitative estimate of drug-likeness (QED) is 0.665. The first kappa shape index (κ1) is 19.6. The predicted molar refractivity (Wildman–Crippen MR) is 112 cm³/mol. The van der Waals surface area contributed by atoms with Gasteiger partial charge in [0.2, 0.25) is 0 Å². The third-order valence-corrected chi connectivity index (χ3v) is 5.24. The van der Waals surface area contributed by atoms with Gasteiger partial charge in [-0.15, -0.1) is 0 Å². The Balaban J connectivity index is 1.86. The average Bonchev–Trinajstić information content (AvgIpc) is 3.12. The highest BCUT2D eigenvalue weighted by Crippen LogP contribution is 2.34. The number of anilines is 1. The van der Waals surface area contributed by atoms with Crippen molar-refractivity contribution in [2.75, 3.05) is 25.1 Å². The zero-order chi connectivity index (χ0) is 20.1. The Morgan fingerprint density at radius 3 is 2.43 bits per heavy atom. The van der Waals surface area contributed by atoms with E-state index in [-0.39, 0.29) is 12.1 Å². The first-order chi connectivity index (χ1) is 13.6. The first-order valence-corrected chi connectivity index (χ1v) is 9.46. The van der Waals surface area contributed by atoms with Crippen LogP contribution < -0.4 is 9.64 Å². The molecule has 1 fully saturated rings. The van der Waals surface area contributed by atoms with Crippen molar-refractivity contribution in [1.82, 2.24) is 4.90 Å². The Kier molecular flexibility index (Phi) is 6.09. The van der Waals surface area contributed by atoms with Crippen LogP contribution >= 0.6 is 0 Å². The Morgan fingerprint density at radius 1 is 1.11 bits per heavy atom. The van der Waals surface area contributed by atoms with Crippen molar-refractivity contribution < 1.29 is 9.53 Å². The van der Waals surface area contributed by atoms with E-state index in [0.717, 1.165) is 23.2 Å². The van der Waals surface area contributed by atoms with Gasteiger partial charge in [0.15, 0.2) is 0 Å². The molecule has 1 heterocycles. The molecular weight excluding hydrogens is 352 g/mol. The van der Waals surface area contributed by atoms with Crippen molar-refractivity contribution >= 4 is 24.1 Å². The maximum Gasteiger partial charge on any atom is 0.325 e. The number of carbonyl (C=O) groups is 1. The van der Waals surface area contributed by atoms with E-state index < -0.39 is 5.92 Å². The molecule has 3 rings (SSSR count). The second kappa shape index (κ2) is 8.69. The topological polar surface area (TPSA) is 80.5 Å². The number of amides is 2. The van der Waals surface area contributed by atoms with Gasteiger partial charge in [-0.25, -0.2) is 4.79 Å². The number of hydrogen-bond donors (Lipinski definition) is 2. The largest absolute Gasteiger partial charge is 0.496 e. The number of urea groups is 1. The molecule has 0 radical (unpaired) electrons. The summed E-state index contributed by atoms with van der Waals surface area (Å²) in [6, 6.07) is 15.7. The van der Waals surface area contributed by atoms with Gasteiger partial charge in [-0.05, 0) is 18.1 Å². The summed E-state index contributed by atoms with van der Waals surface area (Å²) in [4.78, 5) is 16.8. The summed E-state index contributed by atoms with van der Waals surface area (Å²) in [6.45, 7) is 3.38. The Bertz CT molecular complexity index is 845. The molecule has 2 aromatic carbocycles. The van der Waals surface area contributed by atoms with Gasteiger partial charge in [0.05, 0.1) is 19.1 Å². The fraction of sp³-hybridized carbons (Fsp3) is 0.318. The summed E-state index contributed by atoms with van der Waals surface area (Å²) in [5, 5.41) is 15.0. The number of carbonyl (C=O) groups excluding carboxylic acids is 1. The highest BCUT2D eigenvalue weighted by atomic mass is 16.5. The summed E-state index contributed by atoms with van der Waals surface area (Å²) in [6.07, 6.45) is 3.27. The van der Waals surface area contributed by atoms with Crippen LogP contribution in [0.2, 0.25) is 0 Å². The van der Waals surface area contributed by atoms with E-state index in [1.165, 1.54) is 12.4 Å². The third-order valence-electron chi connectivity index (χ3n) is 5.24. The van der Waals surface area contributed by atoms with E-state index in [9.17, 15) is 4.79 Å². The molecule has 0 spiro atoms. The fourth-order valence-corrected chi connectivity index (χ4v) is 3.76. The number of ether oxygens (including phenoxy) is 1. The summed E-state index contributed by atoms with van der Waals surface area (Å²) < 4.78 is 5.47. The van der Waals surface area contributed by atoms with Crippen molar-refractivity contribution in [3.63, 3.8) is 0 Å². The van der Waals surface area contributed by atoms with Gasteiger partial charge < -0.3 is 20.5 Å². The molecule has 0 saturated carbocycles. The molecule has 2 N–H and O–H groups in total. The minimum Gasteiger partial charge on any atom is -0.496 e. The standard InChI is InChI=1S/C22H26N4O2/c1-3-20(16-7-5-4-6-8-16)26-12-11-25(22(26)27)18-9-10-19(17(14-23)15-24)21(13-18)28-2/h4-10,13-15,17,20,23-24H,3,11-12H2,1-2H3. The molecule has 146 valence electrons. The van der Waals surface area contributed by atoms with Crippen LogP contribution in [0.3, 0.4) is 0 Å². The molecule has 1 atom stereocenters. The molecule has 0 bridgehead atoms. The maximum absolute atomic E-state index is 13.1. The molecule has 2 amide bonds. The van der Waals surface area contributed by atoms with Gasteiger partial charge in [-0.2, -0.15) is 0 Å². The number of benzene rings is 2. The molecule has 1 aliphatic heterocycles. The lowest BCUT2D eigenvalue weighted by Crippen LogP contribution is -2.34. The molecule has 6 heteroatoms. The van der Waals surface area contributed by atoms with Crippen LogP contribution in [0, 0.1) is 10.8 Å². The van der Waals surface area contributed by atoms with E-state index in [4.69, 9.17) is 15.6 Å². The summed E-state index contributed by atoms with van der Waals surface area (Å²) in [5.74, 6) is 0.146. The van der Waals surface area contributed by atoms with E-state index in [1.54, 1.807) is 12.0 Å². The van der Waals surface area contributed by atoms with Crippen molar-refractivity contribution in [3.8, 4) is 5.75 Å². The molecule has 1 aliphatic rings. The molecular formula is C22H26N4O2. The molecule has 0 aromatic heterocycles. The summed E-state index contributed by atoms with van der Waals surface area (Å²) >= 11 is 0. The maximum atomic E-state index is 13.1. The van der Waals surface area contributed by atoms with E-state index in [1.807, 2.05) is 41.3 Å². The molecule has 6 nitrogen and oxygen atoms in total. The molecule has 1 unspecified atom stereocenters. The van der Waals surface area contributed by atoms with Crippen molar-refractivity contribution in [3.05, 3.63) is 59.7 Å². The summed E-state index contributed by atoms with van der Waals surface area (Å²) in [5.41, 5.74) is 2.66. The number of rotatable bonds is 8. The molecule has 28 heavy (non-hydrogen) atoms. The van der Waals surface area contributed by atoms with Gasteiger partial charge in [0.25, 0.3) is 0 Å². The van der Waals surface area contributed by atoms with Crippen molar-refractivity contribution in [2.24, 2.45) is 0 Å². The first-order valence-electron chi connectivity index (χ1n) is 9.46. The second-order valence-electron chi connectivity index (χ2n) is 6.75. The zero-order valence-electron chi connectivity index (χ0n) is 16.3. The van der Waals surface area contributed by atoms with Crippen LogP contribution in [0.4, 0.5) is 10.5 Å². The fourth-order valence-electron chi connectivity index (χ4n) is 3.76. The number of hydrogen-bond acceptors (Lipinski definition) is 4. The van der Waals surface area contributed by atoms with Crippen LogP contribution in [-0.2, 0) is 0 Å². The minimum atomic E-state index is -0.433. The minimum absolute atomic E-state index is 0.0128. The van der Waals surface area contributed by atoms with E-state index >= 15 is 0 Å². The van der Waals surface area contributed by atoms with Crippen LogP contribution in [0.15, 0.2) is 48.5 Å². The predicted octanol–water partition coefficient (Wildman–Crippen LogP) is 4.47. The van der Waals surface area contributed by atoms with E-state index in [2.05, 4.69) is 19.1 Å². The highest BCUT2D eigenvalue weighted by Gasteiger charge is 2.34. The number of nitrogens with one attached hydrogen (secondary N) is 2. The molecule has 0 aliphatic carbocycles. The lowest BCUT2D eigenvalue weighted by atomic mass is 10.00. The van der Waals surface area contributed by atoms with E-state index in [0.29, 0.717) is 18.8 Å². The highest BCUT2D eigenvalue weighted by molar-refractivity contribution is 5.95. The Hall–Kier alpha value is -3.15. The normalized spacial score (nSPS) is 16.0. The third kappa shape index (κ3) is 3.63. The molecule has 1 saturated heterocycles. The Morgan fingerprint density at radius 2 is 1.82 bits per heavy atom. The van der Waals surface area contributed by atoms with Crippen molar-refractivity contribution in [1.29, 1.82) is 10.8 Å². The van der Waals surface area contributed by atoms with Gasteiger partial charge in [-0.3, -0.25) is 4.90 Å². The average molecular weight is 378 g/mol. The molecule has 2 aromatic rings. The van der Waals surface area contributed by atoms with Crippen LogP contribution in [0.5, 0.6) is 5.75 Å². The Labute approximate surface area is 165 Å². The monoisotopic (exact) mass is 378 g/mol. The van der Waals surface area contributed by atoms with Gasteiger partial charge in [0.1, 0.15) is 5.75 Å². The van der Waals surface area contributed by atoms with Crippen LogP contribution in [-0.4, -0.2) is 43.6 Å². The lowest BCUT2D eigenvalue weighted by molar-refractivity contribution is 0.199. The summed E-state index contributed by atoms with van der Waals surface area (Å²) in [7, 11) is 1.56. The number of nitrogens with zero attached hydrogens (tertiary/aromatic N) is 2. The van der Waals surface area contributed by atoms with Crippen molar-refractivity contribution in [2.45, 2.75) is 25.3 Å².